The van der Waals surface area contributed by atoms with Crippen molar-refractivity contribution in [2.24, 2.45) is 0 Å². The molecule has 0 fully saturated rings. The Balaban J connectivity index is 1.63. The van der Waals surface area contributed by atoms with Crippen LogP contribution in [-0.2, 0) is 4.79 Å². The summed E-state index contributed by atoms with van der Waals surface area (Å²) in [5, 5.41) is 10.7. The molecule has 140 valence electrons. The van der Waals surface area contributed by atoms with Crippen LogP contribution >= 0.6 is 35.0 Å². The van der Waals surface area contributed by atoms with Crippen molar-refractivity contribution in [1.82, 2.24) is 4.98 Å². The van der Waals surface area contributed by atoms with Gasteiger partial charge in [0.05, 0.1) is 5.02 Å². The Labute approximate surface area is 173 Å². The zero-order chi connectivity index (χ0) is 19.7. The molecule has 1 N–H and O–H groups in total. The number of oxazole rings is 1. The maximum absolute atomic E-state index is 11.7. The third-order valence-electron chi connectivity index (χ3n) is 3.78. The van der Waals surface area contributed by atoms with Crippen LogP contribution in [0.5, 0.6) is 0 Å². The molecule has 0 aliphatic carbocycles. The molecule has 4 aromatic rings. The van der Waals surface area contributed by atoms with Gasteiger partial charge in [0, 0.05) is 16.7 Å². The smallest absolute Gasteiger partial charge is 0.342 e. The Bertz CT molecular complexity index is 1180. The molecule has 0 spiro atoms. The number of halogens is 2. The molecule has 0 aliphatic heterocycles. The van der Waals surface area contributed by atoms with Gasteiger partial charge in [-0.25, -0.2) is 9.78 Å². The number of hydrogen-bond acceptors (Lipinski definition) is 5. The van der Waals surface area contributed by atoms with Crippen LogP contribution in [0.2, 0.25) is 10.0 Å². The minimum atomic E-state index is -1.12. The van der Waals surface area contributed by atoms with E-state index >= 15 is 0 Å². The second-order valence-corrected chi connectivity index (χ2v) is 7.53. The summed E-state index contributed by atoms with van der Waals surface area (Å²) < 4.78 is 11.3. The minimum absolute atomic E-state index is 0.00894. The predicted octanol–water partition coefficient (Wildman–Crippen LogP) is 6.61. The Hall–Kier alpha value is -2.67. The molecule has 2 heterocycles. The largest absolute Gasteiger partial charge is 0.477 e. The number of nitrogens with zero attached hydrogens (tertiary/aromatic N) is 1. The molecule has 0 atom stereocenters. The first kappa shape index (κ1) is 18.7. The maximum Gasteiger partial charge on any atom is 0.342 e. The molecule has 0 radical (unpaired) electrons. The van der Waals surface area contributed by atoms with Gasteiger partial charge in [-0.2, -0.15) is 0 Å². The van der Waals surface area contributed by atoms with E-state index in [1.165, 1.54) is 6.08 Å². The maximum atomic E-state index is 11.7. The molecule has 0 saturated carbocycles. The van der Waals surface area contributed by atoms with Gasteiger partial charge in [0.25, 0.3) is 5.22 Å². The molecule has 4 rings (SSSR count). The van der Waals surface area contributed by atoms with Gasteiger partial charge in [0.2, 0.25) is 0 Å². The number of fused-ring (bicyclic) bond motifs is 1. The van der Waals surface area contributed by atoms with Crippen LogP contribution in [0.1, 0.15) is 5.76 Å². The first-order valence-electron chi connectivity index (χ1n) is 8.03. The van der Waals surface area contributed by atoms with Gasteiger partial charge in [-0.05, 0) is 54.2 Å². The quantitative estimate of drug-likeness (QED) is 0.282. The standard InChI is InChI=1S/C20H11Cl2NO4S/c21-11-5-7-13(14(22)9-11)16-8-6-12(26-16)10-18(19(24)25)28-20-23-15-3-1-2-4-17(15)27-20/h1-10H,(H,24,25)/b18-10-. The number of carboxylic acid groups (broad SMARTS) is 1. The molecule has 0 aliphatic rings. The summed E-state index contributed by atoms with van der Waals surface area (Å²) in [5.41, 5.74) is 1.91. The van der Waals surface area contributed by atoms with Crippen molar-refractivity contribution in [2.75, 3.05) is 0 Å². The lowest BCUT2D eigenvalue weighted by atomic mass is 10.2. The molecule has 2 aromatic carbocycles. The predicted molar refractivity (Wildman–Crippen MR) is 110 cm³/mol. The lowest BCUT2D eigenvalue weighted by Gasteiger charge is -2.01. The number of aliphatic carboxylic acids is 1. The van der Waals surface area contributed by atoms with Gasteiger partial charge >= 0.3 is 5.97 Å². The van der Waals surface area contributed by atoms with E-state index in [2.05, 4.69) is 4.98 Å². The summed E-state index contributed by atoms with van der Waals surface area (Å²) in [6.45, 7) is 0. The van der Waals surface area contributed by atoms with Crippen LogP contribution in [0.25, 0.3) is 28.5 Å². The number of carbonyl (C=O) groups is 1. The summed E-state index contributed by atoms with van der Waals surface area (Å²) in [7, 11) is 0. The lowest BCUT2D eigenvalue weighted by Crippen LogP contribution is -1.96. The normalized spacial score (nSPS) is 11.9. The second-order valence-electron chi connectivity index (χ2n) is 5.69. The number of carboxylic acids is 1. The summed E-state index contributed by atoms with van der Waals surface area (Å²) in [4.78, 5) is 15.9. The van der Waals surface area contributed by atoms with Gasteiger partial charge in [-0.1, -0.05) is 35.3 Å². The van der Waals surface area contributed by atoms with Crippen LogP contribution in [-0.4, -0.2) is 16.1 Å². The fourth-order valence-corrected chi connectivity index (χ4v) is 3.74. The van der Waals surface area contributed by atoms with Crippen LogP contribution in [0.15, 0.2) is 73.6 Å². The first-order chi connectivity index (χ1) is 13.5. The number of hydrogen-bond donors (Lipinski definition) is 1. The van der Waals surface area contributed by atoms with Crippen LogP contribution in [0, 0.1) is 0 Å². The minimum Gasteiger partial charge on any atom is -0.477 e. The molecule has 5 nitrogen and oxygen atoms in total. The van der Waals surface area contributed by atoms with E-state index < -0.39 is 5.97 Å². The van der Waals surface area contributed by atoms with Gasteiger partial charge in [-0.3, -0.25) is 0 Å². The first-order valence-corrected chi connectivity index (χ1v) is 9.60. The van der Waals surface area contributed by atoms with Crippen molar-refractivity contribution in [3.05, 3.63) is 75.3 Å². The van der Waals surface area contributed by atoms with E-state index in [1.54, 1.807) is 42.5 Å². The van der Waals surface area contributed by atoms with Crippen LogP contribution < -0.4 is 0 Å². The highest BCUT2D eigenvalue weighted by Gasteiger charge is 2.16. The topological polar surface area (TPSA) is 76.5 Å². The number of rotatable bonds is 5. The zero-order valence-electron chi connectivity index (χ0n) is 14.1. The van der Waals surface area contributed by atoms with Crippen molar-refractivity contribution in [3.63, 3.8) is 0 Å². The van der Waals surface area contributed by atoms with Gasteiger partial charge in [0.1, 0.15) is 21.9 Å². The summed E-state index contributed by atoms with van der Waals surface area (Å²) in [5.74, 6) is -0.249. The Morgan fingerprint density at radius 3 is 2.64 bits per heavy atom. The highest BCUT2D eigenvalue weighted by atomic mass is 35.5. The monoisotopic (exact) mass is 431 g/mol. The molecule has 28 heavy (non-hydrogen) atoms. The molecule has 0 saturated heterocycles. The van der Waals surface area contributed by atoms with Crippen molar-refractivity contribution >= 4 is 58.1 Å². The van der Waals surface area contributed by atoms with Crippen molar-refractivity contribution in [3.8, 4) is 11.3 Å². The fraction of sp³-hybridized carbons (Fsp3) is 0. The third-order valence-corrected chi connectivity index (χ3v) is 5.19. The number of benzene rings is 2. The lowest BCUT2D eigenvalue weighted by molar-refractivity contribution is -0.131. The van der Waals surface area contributed by atoms with E-state index in [9.17, 15) is 9.90 Å². The number of para-hydroxylation sites is 2. The van der Waals surface area contributed by atoms with E-state index in [0.717, 1.165) is 11.8 Å². The van der Waals surface area contributed by atoms with Crippen molar-refractivity contribution in [2.45, 2.75) is 5.22 Å². The van der Waals surface area contributed by atoms with E-state index in [0.29, 0.717) is 38.2 Å². The van der Waals surface area contributed by atoms with E-state index in [-0.39, 0.29) is 10.1 Å². The summed E-state index contributed by atoms with van der Waals surface area (Å²) >= 11 is 13.0. The third kappa shape index (κ3) is 3.94. The Morgan fingerprint density at radius 2 is 1.89 bits per heavy atom. The second kappa shape index (κ2) is 7.75. The van der Waals surface area contributed by atoms with Crippen molar-refractivity contribution in [1.29, 1.82) is 0 Å². The Morgan fingerprint density at radius 1 is 1.07 bits per heavy atom. The number of thioether (sulfide) groups is 1. The molecule has 0 amide bonds. The summed E-state index contributed by atoms with van der Waals surface area (Å²) in [6.07, 6.45) is 1.41. The van der Waals surface area contributed by atoms with Gasteiger partial charge < -0.3 is 13.9 Å². The highest BCUT2D eigenvalue weighted by molar-refractivity contribution is 8.03. The molecule has 2 aromatic heterocycles. The number of aromatic nitrogens is 1. The number of furan rings is 1. The average molecular weight is 432 g/mol. The molecule has 0 bridgehead atoms. The fourth-order valence-electron chi connectivity index (χ4n) is 2.52. The zero-order valence-corrected chi connectivity index (χ0v) is 16.4. The SMILES string of the molecule is O=C(O)/C(=C/c1ccc(-c2ccc(Cl)cc2Cl)o1)Sc1nc2ccccc2o1. The highest BCUT2D eigenvalue weighted by Crippen LogP contribution is 2.34. The molecular formula is C20H11Cl2NO4S. The Kier molecular flexibility index (Phi) is 5.17. The van der Waals surface area contributed by atoms with Crippen LogP contribution in [0.3, 0.4) is 0 Å². The van der Waals surface area contributed by atoms with Crippen molar-refractivity contribution < 1.29 is 18.7 Å². The molecular weight excluding hydrogens is 421 g/mol. The molecule has 8 heteroatoms. The van der Waals surface area contributed by atoms with E-state index in [4.69, 9.17) is 32.0 Å². The molecule has 0 unspecified atom stereocenters. The summed E-state index contributed by atoms with van der Waals surface area (Å²) in [6, 6.07) is 15.6. The van der Waals surface area contributed by atoms with Gasteiger partial charge in [0.15, 0.2) is 5.58 Å². The van der Waals surface area contributed by atoms with E-state index in [1.807, 2.05) is 12.1 Å². The van der Waals surface area contributed by atoms with Gasteiger partial charge in [-0.15, -0.1) is 0 Å². The van der Waals surface area contributed by atoms with Crippen LogP contribution in [0.4, 0.5) is 0 Å². The average Bonchev–Trinajstić information content (AvgIpc) is 3.27.